The third-order valence-corrected chi connectivity index (χ3v) is 4.33. The van der Waals surface area contributed by atoms with Gasteiger partial charge in [-0.05, 0) is 29.2 Å². The van der Waals surface area contributed by atoms with E-state index >= 15 is 0 Å². The molecule has 24 heavy (non-hydrogen) atoms. The fraction of sp³-hybridized carbons (Fsp3) is 0.0625. The van der Waals surface area contributed by atoms with Crippen molar-refractivity contribution in [3.05, 3.63) is 45.3 Å². The zero-order valence-electron chi connectivity index (χ0n) is 12.0. The Morgan fingerprint density at radius 3 is 2.79 bits per heavy atom. The minimum absolute atomic E-state index is 0.0970. The summed E-state index contributed by atoms with van der Waals surface area (Å²) in [5.41, 5.74) is 0.652. The lowest BCUT2D eigenvalue weighted by Gasteiger charge is -2.04. The van der Waals surface area contributed by atoms with Gasteiger partial charge < -0.3 is 14.8 Å². The first-order valence-electron chi connectivity index (χ1n) is 6.62. The minimum atomic E-state index is -0.620. The van der Waals surface area contributed by atoms with E-state index < -0.39 is 5.91 Å². The van der Waals surface area contributed by atoms with Crippen LogP contribution in [0, 0.1) is 22.7 Å². The lowest BCUT2D eigenvalue weighted by Crippen LogP contribution is -2.13. The largest absolute Gasteiger partial charge is 0.454 e. The van der Waals surface area contributed by atoms with Crippen LogP contribution in [0.15, 0.2) is 29.2 Å². The number of fused-ring (bicyclic) bond motifs is 1. The number of nitriles is 2. The van der Waals surface area contributed by atoms with Gasteiger partial charge in [0.2, 0.25) is 6.79 Å². The van der Waals surface area contributed by atoms with Gasteiger partial charge in [0.1, 0.15) is 22.7 Å². The molecule has 0 saturated heterocycles. The Balaban J connectivity index is 1.89. The van der Waals surface area contributed by atoms with Crippen LogP contribution in [0.1, 0.15) is 11.1 Å². The highest BCUT2D eigenvalue weighted by atomic mass is 35.5. The quantitative estimate of drug-likeness (QED) is 0.669. The molecule has 3 rings (SSSR count). The fourth-order valence-electron chi connectivity index (χ4n) is 2.01. The van der Waals surface area contributed by atoms with Crippen molar-refractivity contribution < 1.29 is 14.3 Å². The molecule has 0 bridgehead atoms. The van der Waals surface area contributed by atoms with Gasteiger partial charge in [0.05, 0.1) is 10.6 Å². The maximum absolute atomic E-state index is 12.3. The summed E-state index contributed by atoms with van der Waals surface area (Å²) in [7, 11) is 0. The highest BCUT2D eigenvalue weighted by Gasteiger charge is 2.18. The van der Waals surface area contributed by atoms with E-state index in [1.807, 2.05) is 12.1 Å². The Kier molecular flexibility index (Phi) is 4.39. The Hall–Kier alpha value is -3.00. The van der Waals surface area contributed by atoms with Crippen LogP contribution in [-0.2, 0) is 4.79 Å². The molecule has 6 nitrogen and oxygen atoms in total. The molecular formula is C16H8ClN3O3S. The summed E-state index contributed by atoms with van der Waals surface area (Å²) in [6.07, 6.45) is 1.36. The van der Waals surface area contributed by atoms with Crippen LogP contribution in [0.25, 0.3) is 6.08 Å². The minimum Gasteiger partial charge on any atom is -0.454 e. The molecule has 1 N–H and O–H groups in total. The van der Waals surface area contributed by atoms with Crippen molar-refractivity contribution in [3.63, 3.8) is 0 Å². The van der Waals surface area contributed by atoms with Crippen LogP contribution < -0.4 is 14.8 Å². The summed E-state index contributed by atoms with van der Waals surface area (Å²) in [5.74, 6) is 0.385. The molecule has 2 heterocycles. The van der Waals surface area contributed by atoms with E-state index in [4.69, 9.17) is 26.3 Å². The second-order valence-corrected chi connectivity index (χ2v) is 5.95. The van der Waals surface area contributed by atoms with Gasteiger partial charge in [0, 0.05) is 6.07 Å². The maximum Gasteiger partial charge on any atom is 0.266 e. The van der Waals surface area contributed by atoms with Gasteiger partial charge >= 0.3 is 0 Å². The van der Waals surface area contributed by atoms with Gasteiger partial charge in [-0.3, -0.25) is 4.79 Å². The summed E-state index contributed by atoms with van der Waals surface area (Å²) in [5, 5.41) is 23.2. The number of nitrogens with zero attached hydrogens (tertiary/aromatic N) is 2. The Labute approximate surface area is 146 Å². The molecule has 0 fully saturated rings. The Bertz CT molecular complexity index is 937. The second kappa shape index (κ2) is 6.63. The lowest BCUT2D eigenvalue weighted by atomic mass is 10.1. The number of amides is 1. The van der Waals surface area contributed by atoms with E-state index in [0.29, 0.717) is 32.6 Å². The summed E-state index contributed by atoms with van der Waals surface area (Å²) in [6.45, 7) is 0.0970. The number of anilines is 1. The molecule has 8 heteroatoms. The van der Waals surface area contributed by atoms with E-state index in [2.05, 4.69) is 5.32 Å². The molecule has 1 amide bonds. The van der Waals surface area contributed by atoms with E-state index in [9.17, 15) is 10.1 Å². The number of halogens is 1. The standard InChI is InChI=1S/C16H8ClN3O3S/c17-12-5-14-13(22-8-23-14)4-10(12)3-11(7-19)15(21)20-16-9(6-18)1-2-24-16/h1-5H,8H2,(H,20,21). The number of rotatable bonds is 3. The smallest absolute Gasteiger partial charge is 0.266 e. The van der Waals surface area contributed by atoms with Gasteiger partial charge in [0.15, 0.2) is 11.5 Å². The first-order chi connectivity index (χ1) is 11.6. The number of nitrogens with one attached hydrogen (secondary N) is 1. The van der Waals surface area contributed by atoms with Crippen molar-refractivity contribution in [2.45, 2.75) is 0 Å². The van der Waals surface area contributed by atoms with Crippen molar-refractivity contribution in [2.75, 3.05) is 12.1 Å². The van der Waals surface area contributed by atoms with Gasteiger partial charge in [-0.2, -0.15) is 10.5 Å². The molecule has 2 aromatic rings. The predicted octanol–water partition coefficient (Wildman–Crippen LogP) is 3.55. The van der Waals surface area contributed by atoms with Gasteiger partial charge in [-0.25, -0.2) is 0 Å². The maximum atomic E-state index is 12.3. The van der Waals surface area contributed by atoms with E-state index in [1.165, 1.54) is 17.4 Å². The third kappa shape index (κ3) is 3.04. The molecular weight excluding hydrogens is 350 g/mol. The molecule has 0 aliphatic carbocycles. The van der Waals surface area contributed by atoms with Crippen molar-refractivity contribution in [1.29, 1.82) is 10.5 Å². The van der Waals surface area contributed by atoms with Crippen molar-refractivity contribution in [2.24, 2.45) is 0 Å². The number of hydrogen-bond donors (Lipinski definition) is 1. The molecule has 0 saturated carbocycles. The summed E-state index contributed by atoms with van der Waals surface area (Å²) in [6, 6.07) is 8.55. The number of ether oxygens (including phenoxy) is 2. The number of thiophene rings is 1. The van der Waals surface area contributed by atoms with Crippen LogP contribution in [0.3, 0.4) is 0 Å². The molecule has 1 aliphatic heterocycles. The topological polar surface area (TPSA) is 95.1 Å². The fourth-order valence-corrected chi connectivity index (χ4v) is 2.95. The van der Waals surface area contributed by atoms with Crippen LogP contribution in [0.2, 0.25) is 5.02 Å². The monoisotopic (exact) mass is 357 g/mol. The van der Waals surface area contributed by atoms with Crippen LogP contribution in [0.4, 0.5) is 5.00 Å². The van der Waals surface area contributed by atoms with Crippen LogP contribution >= 0.6 is 22.9 Å². The molecule has 1 aromatic heterocycles. The number of benzene rings is 1. The highest BCUT2D eigenvalue weighted by Crippen LogP contribution is 2.37. The molecule has 1 aromatic carbocycles. The molecule has 0 radical (unpaired) electrons. The first kappa shape index (κ1) is 15.9. The predicted molar refractivity (Wildman–Crippen MR) is 88.8 cm³/mol. The van der Waals surface area contributed by atoms with Crippen LogP contribution in [-0.4, -0.2) is 12.7 Å². The number of hydrogen-bond acceptors (Lipinski definition) is 6. The Morgan fingerprint density at radius 1 is 1.33 bits per heavy atom. The summed E-state index contributed by atoms with van der Waals surface area (Å²) in [4.78, 5) is 12.3. The lowest BCUT2D eigenvalue weighted by molar-refractivity contribution is -0.112. The van der Waals surface area contributed by atoms with Crippen molar-refractivity contribution in [1.82, 2.24) is 0 Å². The van der Waals surface area contributed by atoms with Crippen molar-refractivity contribution >= 4 is 39.9 Å². The Morgan fingerprint density at radius 2 is 2.08 bits per heavy atom. The number of carbonyl (C=O) groups excluding carboxylic acids is 1. The molecule has 118 valence electrons. The average Bonchev–Trinajstić information content (AvgIpc) is 3.20. The summed E-state index contributed by atoms with van der Waals surface area (Å²) >= 11 is 7.34. The molecule has 0 atom stereocenters. The molecule has 0 unspecified atom stereocenters. The second-order valence-electron chi connectivity index (χ2n) is 4.63. The zero-order chi connectivity index (χ0) is 17.1. The molecule has 0 spiro atoms. The van der Waals surface area contributed by atoms with Crippen molar-refractivity contribution in [3.8, 4) is 23.6 Å². The van der Waals surface area contributed by atoms with Gasteiger partial charge in [-0.1, -0.05) is 11.6 Å². The third-order valence-electron chi connectivity index (χ3n) is 3.17. The highest BCUT2D eigenvalue weighted by molar-refractivity contribution is 7.14. The number of carbonyl (C=O) groups is 1. The SMILES string of the molecule is N#CC(=Cc1cc2c(cc1Cl)OCO2)C(=O)Nc1sccc1C#N. The van der Waals surface area contributed by atoms with E-state index in [-0.39, 0.29) is 12.4 Å². The first-order valence-corrected chi connectivity index (χ1v) is 7.88. The normalized spacial score (nSPS) is 12.4. The van der Waals surface area contributed by atoms with E-state index in [1.54, 1.807) is 23.6 Å². The average molecular weight is 358 g/mol. The van der Waals surface area contributed by atoms with Gasteiger partial charge in [-0.15, -0.1) is 11.3 Å². The van der Waals surface area contributed by atoms with E-state index in [0.717, 1.165) is 0 Å². The van der Waals surface area contributed by atoms with Gasteiger partial charge in [0.25, 0.3) is 5.91 Å². The zero-order valence-corrected chi connectivity index (χ0v) is 13.6. The summed E-state index contributed by atoms with van der Waals surface area (Å²) < 4.78 is 10.5. The van der Waals surface area contributed by atoms with Crippen LogP contribution in [0.5, 0.6) is 11.5 Å². The molecule has 1 aliphatic rings.